The van der Waals surface area contributed by atoms with Crippen molar-refractivity contribution in [1.29, 1.82) is 0 Å². The van der Waals surface area contributed by atoms with E-state index in [4.69, 9.17) is 10.2 Å². The zero-order valence-corrected chi connectivity index (χ0v) is 14.0. The molecule has 1 aromatic rings. The van der Waals surface area contributed by atoms with Crippen molar-refractivity contribution in [2.24, 2.45) is 5.92 Å². The van der Waals surface area contributed by atoms with Crippen molar-refractivity contribution in [3.63, 3.8) is 0 Å². The molecule has 2 N–H and O–H groups in total. The average molecular weight is 384 g/mol. The average Bonchev–Trinajstić information content (AvgIpc) is 2.59. The Balaban J connectivity index is 0.000000263. The van der Waals surface area contributed by atoms with E-state index in [9.17, 15) is 26.3 Å². The van der Waals surface area contributed by atoms with Gasteiger partial charge in [-0.3, -0.25) is 0 Å². The molecule has 1 fully saturated rings. The SMILES string of the molecule is OC(/C=C/c1ccccc1)C(F)(F)F.OC(C1CCCCC1)C(F)(F)F. The summed E-state index contributed by atoms with van der Waals surface area (Å²) in [6.45, 7) is 0. The van der Waals surface area contributed by atoms with Crippen LogP contribution in [-0.4, -0.2) is 34.8 Å². The zero-order chi connectivity index (χ0) is 19.8. The minimum atomic E-state index is -4.59. The fourth-order valence-electron chi connectivity index (χ4n) is 2.59. The van der Waals surface area contributed by atoms with Crippen LogP contribution in [0.15, 0.2) is 36.4 Å². The Bertz CT molecular complexity index is 533. The lowest BCUT2D eigenvalue weighted by Gasteiger charge is -2.27. The summed E-state index contributed by atoms with van der Waals surface area (Å²) < 4.78 is 71.5. The van der Waals surface area contributed by atoms with Crippen LogP contribution in [-0.2, 0) is 0 Å². The number of halogens is 6. The highest BCUT2D eigenvalue weighted by Crippen LogP contribution is 2.34. The summed E-state index contributed by atoms with van der Waals surface area (Å²) in [7, 11) is 0. The van der Waals surface area contributed by atoms with E-state index in [1.54, 1.807) is 30.3 Å². The minimum absolute atomic E-state index is 0.515. The molecule has 0 aliphatic heterocycles. The highest BCUT2D eigenvalue weighted by Gasteiger charge is 2.43. The Morgan fingerprint density at radius 3 is 1.85 bits per heavy atom. The molecule has 1 aromatic carbocycles. The quantitative estimate of drug-likeness (QED) is 0.711. The van der Waals surface area contributed by atoms with Crippen LogP contribution in [0.4, 0.5) is 26.3 Å². The van der Waals surface area contributed by atoms with Crippen LogP contribution in [0.2, 0.25) is 0 Å². The molecule has 2 rings (SSSR count). The molecule has 0 saturated heterocycles. The second kappa shape index (κ2) is 9.97. The lowest BCUT2D eigenvalue weighted by molar-refractivity contribution is -0.222. The summed E-state index contributed by atoms with van der Waals surface area (Å²) in [5.41, 5.74) is 0.621. The van der Waals surface area contributed by atoms with Gasteiger partial charge in [0.2, 0.25) is 0 Å². The summed E-state index contributed by atoms with van der Waals surface area (Å²) in [5.74, 6) is -0.557. The van der Waals surface area contributed by atoms with E-state index in [1.165, 1.54) is 6.08 Å². The molecule has 0 spiro atoms. The second-order valence-corrected chi connectivity index (χ2v) is 6.14. The Morgan fingerprint density at radius 1 is 0.846 bits per heavy atom. The van der Waals surface area contributed by atoms with E-state index in [-0.39, 0.29) is 0 Å². The van der Waals surface area contributed by atoms with Crippen molar-refractivity contribution in [3.05, 3.63) is 42.0 Å². The van der Waals surface area contributed by atoms with Crippen LogP contribution in [0.25, 0.3) is 6.08 Å². The predicted octanol–water partition coefficient (Wildman–Crippen LogP) is 5.11. The fraction of sp³-hybridized carbons (Fsp3) is 0.556. The number of alkyl halides is 6. The van der Waals surface area contributed by atoms with E-state index in [0.717, 1.165) is 25.3 Å². The molecular weight excluding hydrogens is 362 g/mol. The van der Waals surface area contributed by atoms with Gasteiger partial charge in [-0.25, -0.2) is 0 Å². The molecule has 0 radical (unpaired) electrons. The van der Waals surface area contributed by atoms with Gasteiger partial charge in [0.25, 0.3) is 0 Å². The first-order valence-electron chi connectivity index (χ1n) is 8.24. The molecule has 148 valence electrons. The van der Waals surface area contributed by atoms with Crippen molar-refractivity contribution in [2.75, 3.05) is 0 Å². The van der Waals surface area contributed by atoms with Crippen molar-refractivity contribution >= 4 is 6.08 Å². The molecule has 0 amide bonds. The van der Waals surface area contributed by atoms with E-state index in [1.807, 2.05) is 0 Å². The second-order valence-electron chi connectivity index (χ2n) is 6.14. The van der Waals surface area contributed by atoms with Gasteiger partial charge in [-0.15, -0.1) is 0 Å². The van der Waals surface area contributed by atoms with Crippen LogP contribution in [0, 0.1) is 5.92 Å². The van der Waals surface area contributed by atoms with E-state index in [0.29, 0.717) is 18.4 Å². The first-order valence-corrected chi connectivity index (χ1v) is 8.24. The van der Waals surface area contributed by atoms with E-state index >= 15 is 0 Å². The highest BCUT2D eigenvalue weighted by atomic mass is 19.4. The number of benzene rings is 1. The summed E-state index contributed by atoms with van der Waals surface area (Å²) in [6.07, 6.45) is -7.90. The summed E-state index contributed by atoms with van der Waals surface area (Å²) in [5, 5.41) is 17.5. The van der Waals surface area contributed by atoms with Gasteiger partial charge in [-0.05, 0) is 30.4 Å². The highest BCUT2D eigenvalue weighted by molar-refractivity contribution is 5.49. The molecule has 1 aliphatic rings. The molecule has 2 atom stereocenters. The predicted molar refractivity (Wildman–Crippen MR) is 86.2 cm³/mol. The van der Waals surface area contributed by atoms with Crippen molar-refractivity contribution in [2.45, 2.75) is 56.7 Å². The largest absolute Gasteiger partial charge is 0.417 e. The Labute approximate surface area is 148 Å². The maximum Gasteiger partial charge on any atom is 0.417 e. The third-order valence-electron chi connectivity index (χ3n) is 4.04. The van der Waals surface area contributed by atoms with Gasteiger partial charge in [-0.1, -0.05) is 55.7 Å². The Morgan fingerprint density at radius 2 is 1.38 bits per heavy atom. The molecule has 2 unspecified atom stereocenters. The lowest BCUT2D eigenvalue weighted by atomic mass is 9.85. The summed E-state index contributed by atoms with van der Waals surface area (Å²) in [4.78, 5) is 0. The van der Waals surface area contributed by atoms with Crippen LogP contribution in [0.3, 0.4) is 0 Å². The number of hydrogen-bond donors (Lipinski definition) is 2. The molecule has 8 heteroatoms. The van der Waals surface area contributed by atoms with E-state index in [2.05, 4.69) is 0 Å². The number of rotatable bonds is 3. The molecular formula is C18H22F6O2. The smallest absolute Gasteiger partial charge is 0.383 e. The number of hydrogen-bond acceptors (Lipinski definition) is 2. The monoisotopic (exact) mass is 384 g/mol. The third kappa shape index (κ3) is 8.23. The standard InChI is InChI=1S/C10H9F3O.C8H13F3O/c11-10(12,13)9(14)7-6-8-4-2-1-3-5-8;9-8(10,11)7(12)6-4-2-1-3-5-6/h1-7,9,14H;6-7,12H,1-5H2/b7-6+;. The van der Waals surface area contributed by atoms with Gasteiger partial charge in [0, 0.05) is 0 Å². The van der Waals surface area contributed by atoms with E-state index < -0.39 is 30.5 Å². The normalized spacial score (nSPS) is 18.9. The van der Waals surface area contributed by atoms with Crippen LogP contribution >= 0.6 is 0 Å². The lowest BCUT2D eigenvalue weighted by Crippen LogP contribution is -2.36. The molecule has 0 aromatic heterocycles. The Hall–Kier alpha value is -1.54. The van der Waals surface area contributed by atoms with Gasteiger partial charge < -0.3 is 10.2 Å². The number of aliphatic hydroxyl groups excluding tert-OH is 2. The first-order chi connectivity index (χ1) is 12.0. The molecule has 2 nitrogen and oxygen atoms in total. The first kappa shape index (κ1) is 22.5. The molecule has 1 saturated carbocycles. The van der Waals surface area contributed by atoms with Gasteiger partial charge in [0.05, 0.1) is 0 Å². The van der Waals surface area contributed by atoms with Gasteiger partial charge >= 0.3 is 12.4 Å². The minimum Gasteiger partial charge on any atom is -0.383 e. The van der Waals surface area contributed by atoms with Gasteiger partial charge in [0.15, 0.2) is 12.2 Å². The molecule has 0 bridgehead atoms. The summed E-state index contributed by atoms with van der Waals surface area (Å²) >= 11 is 0. The molecule has 1 aliphatic carbocycles. The summed E-state index contributed by atoms with van der Waals surface area (Å²) in [6, 6.07) is 8.48. The fourth-order valence-corrected chi connectivity index (χ4v) is 2.59. The number of aliphatic hydroxyl groups is 2. The zero-order valence-electron chi connectivity index (χ0n) is 14.0. The van der Waals surface area contributed by atoms with Crippen LogP contribution < -0.4 is 0 Å². The van der Waals surface area contributed by atoms with Gasteiger partial charge in [0.1, 0.15) is 0 Å². The maximum atomic E-state index is 12.0. The van der Waals surface area contributed by atoms with Crippen molar-refractivity contribution in [1.82, 2.24) is 0 Å². The van der Waals surface area contributed by atoms with Crippen molar-refractivity contribution in [3.8, 4) is 0 Å². The maximum absolute atomic E-state index is 12.0. The molecule has 26 heavy (non-hydrogen) atoms. The van der Waals surface area contributed by atoms with Crippen LogP contribution in [0.5, 0.6) is 0 Å². The Kier molecular flexibility index (Phi) is 8.62. The third-order valence-corrected chi connectivity index (χ3v) is 4.04. The van der Waals surface area contributed by atoms with Gasteiger partial charge in [-0.2, -0.15) is 26.3 Å². The van der Waals surface area contributed by atoms with Crippen LogP contribution in [0.1, 0.15) is 37.7 Å². The van der Waals surface area contributed by atoms with Crippen molar-refractivity contribution < 1.29 is 36.6 Å². The topological polar surface area (TPSA) is 40.5 Å². The molecule has 0 heterocycles.